The molecule has 3 unspecified atom stereocenters. The fourth-order valence-electron chi connectivity index (χ4n) is 3.18. The Morgan fingerprint density at radius 2 is 1.78 bits per heavy atom. The van der Waals surface area contributed by atoms with Crippen molar-refractivity contribution in [3.05, 3.63) is 60.2 Å². The molecule has 146 valence electrons. The number of fused-ring (bicyclic) bond motifs is 1. The minimum Gasteiger partial charge on any atom is -0.486 e. The van der Waals surface area contributed by atoms with Crippen molar-refractivity contribution < 1.29 is 14.3 Å². The van der Waals surface area contributed by atoms with Gasteiger partial charge >= 0.3 is 0 Å². The van der Waals surface area contributed by atoms with Crippen molar-refractivity contribution in [2.24, 2.45) is 11.7 Å². The number of halogens is 1. The van der Waals surface area contributed by atoms with Gasteiger partial charge in [0.1, 0.15) is 6.61 Å². The van der Waals surface area contributed by atoms with Crippen LogP contribution in [0.4, 0.5) is 0 Å². The molecule has 5 nitrogen and oxygen atoms in total. The van der Waals surface area contributed by atoms with Gasteiger partial charge in [-0.2, -0.15) is 0 Å². The second-order valence-electron chi connectivity index (χ2n) is 6.60. The summed E-state index contributed by atoms with van der Waals surface area (Å²) in [6.07, 6.45) is -0.186. The molecule has 1 amide bonds. The number of nitrogens with two attached hydrogens (primary N) is 1. The van der Waals surface area contributed by atoms with E-state index in [1.54, 1.807) is 4.90 Å². The number of likely N-dealkylation sites (N-methyl/N-ethyl adjacent to an activating group) is 1. The van der Waals surface area contributed by atoms with Crippen molar-refractivity contribution in [3.63, 3.8) is 0 Å². The number of para-hydroxylation sites is 2. The molecule has 0 radical (unpaired) electrons. The third-order valence-corrected chi connectivity index (χ3v) is 4.80. The van der Waals surface area contributed by atoms with Crippen LogP contribution in [0.1, 0.15) is 25.5 Å². The first-order valence-corrected chi connectivity index (χ1v) is 9.08. The van der Waals surface area contributed by atoms with E-state index in [4.69, 9.17) is 15.2 Å². The van der Waals surface area contributed by atoms with Crippen molar-refractivity contribution in [2.45, 2.75) is 26.0 Å². The number of hydrogen-bond donors (Lipinski definition) is 1. The third-order valence-electron chi connectivity index (χ3n) is 4.80. The van der Waals surface area contributed by atoms with Crippen LogP contribution in [-0.4, -0.2) is 36.6 Å². The summed E-state index contributed by atoms with van der Waals surface area (Å²) in [6.45, 7) is 5.37. The predicted octanol–water partition coefficient (Wildman–Crippen LogP) is 3.43. The van der Waals surface area contributed by atoms with Crippen LogP contribution in [0, 0.1) is 5.92 Å². The van der Waals surface area contributed by atoms with E-state index in [9.17, 15) is 4.79 Å². The molecule has 1 aliphatic rings. The lowest BCUT2D eigenvalue weighted by atomic mass is 9.94. The maximum Gasteiger partial charge on any atom is 0.227 e. The molecular weight excluding hydrogens is 364 g/mol. The van der Waals surface area contributed by atoms with E-state index in [-0.39, 0.29) is 36.4 Å². The number of rotatable bonds is 6. The van der Waals surface area contributed by atoms with Crippen LogP contribution in [0.2, 0.25) is 0 Å². The van der Waals surface area contributed by atoms with Crippen LogP contribution in [0.3, 0.4) is 0 Å². The highest BCUT2D eigenvalue weighted by molar-refractivity contribution is 5.85. The molecule has 0 bridgehead atoms. The molecule has 0 fully saturated rings. The van der Waals surface area contributed by atoms with E-state index in [2.05, 4.69) is 0 Å². The van der Waals surface area contributed by atoms with Crippen molar-refractivity contribution in [2.75, 3.05) is 19.7 Å². The van der Waals surface area contributed by atoms with Crippen molar-refractivity contribution in [1.82, 2.24) is 4.90 Å². The smallest absolute Gasteiger partial charge is 0.227 e. The van der Waals surface area contributed by atoms with Crippen molar-refractivity contribution in [1.29, 1.82) is 0 Å². The summed E-state index contributed by atoms with van der Waals surface area (Å²) in [5.74, 6) is 1.19. The lowest BCUT2D eigenvalue weighted by molar-refractivity contribution is -0.137. The normalized spacial score (nSPS) is 17.4. The molecule has 0 aromatic heterocycles. The fourth-order valence-corrected chi connectivity index (χ4v) is 3.18. The highest BCUT2D eigenvalue weighted by atomic mass is 35.5. The average Bonchev–Trinajstić information content (AvgIpc) is 2.71. The molecule has 1 heterocycles. The zero-order chi connectivity index (χ0) is 18.5. The molecular formula is C21H27ClN2O3. The van der Waals surface area contributed by atoms with E-state index < -0.39 is 0 Å². The topological polar surface area (TPSA) is 64.8 Å². The molecule has 0 spiro atoms. The summed E-state index contributed by atoms with van der Waals surface area (Å²) in [5, 5.41) is 0. The summed E-state index contributed by atoms with van der Waals surface area (Å²) in [6, 6.07) is 17.0. The minimum absolute atomic E-state index is 0. The van der Waals surface area contributed by atoms with E-state index in [0.717, 1.165) is 17.1 Å². The van der Waals surface area contributed by atoms with Crippen molar-refractivity contribution in [3.8, 4) is 11.5 Å². The summed E-state index contributed by atoms with van der Waals surface area (Å²) in [7, 11) is 0. The van der Waals surface area contributed by atoms with Gasteiger partial charge in [-0.05, 0) is 24.6 Å². The van der Waals surface area contributed by atoms with Crippen LogP contribution >= 0.6 is 12.4 Å². The van der Waals surface area contributed by atoms with Crippen LogP contribution in [-0.2, 0) is 4.79 Å². The summed E-state index contributed by atoms with van der Waals surface area (Å²) in [4.78, 5) is 14.8. The lowest BCUT2D eigenvalue weighted by Gasteiger charge is -2.33. The Labute approximate surface area is 166 Å². The van der Waals surface area contributed by atoms with Gasteiger partial charge < -0.3 is 20.1 Å². The Balaban J connectivity index is 0.00000261. The van der Waals surface area contributed by atoms with E-state index >= 15 is 0 Å². The summed E-state index contributed by atoms with van der Waals surface area (Å²) in [5.41, 5.74) is 7.29. The van der Waals surface area contributed by atoms with Crippen LogP contribution < -0.4 is 15.2 Å². The number of carbonyl (C=O) groups excluding carboxylic acids is 1. The summed E-state index contributed by atoms with van der Waals surface area (Å²) < 4.78 is 11.7. The van der Waals surface area contributed by atoms with E-state index in [1.165, 1.54) is 0 Å². The van der Waals surface area contributed by atoms with Crippen molar-refractivity contribution >= 4 is 18.3 Å². The number of ether oxygens (including phenoxy) is 2. The first-order valence-electron chi connectivity index (χ1n) is 9.08. The number of amides is 1. The predicted molar refractivity (Wildman–Crippen MR) is 108 cm³/mol. The highest BCUT2D eigenvalue weighted by Crippen LogP contribution is 2.31. The fraction of sp³-hybridized carbons (Fsp3) is 0.381. The first kappa shape index (κ1) is 21.1. The van der Waals surface area contributed by atoms with Gasteiger partial charge in [0.15, 0.2) is 17.6 Å². The van der Waals surface area contributed by atoms with Crippen LogP contribution in [0.5, 0.6) is 11.5 Å². The van der Waals surface area contributed by atoms with Gasteiger partial charge in [0.2, 0.25) is 5.91 Å². The maximum atomic E-state index is 13.0. The number of hydrogen-bond acceptors (Lipinski definition) is 4. The van der Waals surface area contributed by atoms with Gasteiger partial charge in [-0.3, -0.25) is 4.79 Å². The Kier molecular flexibility index (Phi) is 7.51. The molecule has 27 heavy (non-hydrogen) atoms. The molecule has 2 aromatic rings. The van der Waals surface area contributed by atoms with E-state index in [1.807, 2.05) is 68.4 Å². The molecule has 0 aliphatic carbocycles. The zero-order valence-electron chi connectivity index (χ0n) is 15.7. The van der Waals surface area contributed by atoms with Gasteiger partial charge in [-0.25, -0.2) is 0 Å². The van der Waals surface area contributed by atoms with Gasteiger partial charge in [-0.15, -0.1) is 12.4 Å². The molecule has 3 rings (SSSR count). The molecule has 2 N–H and O–H groups in total. The molecule has 3 atom stereocenters. The third kappa shape index (κ3) is 4.93. The van der Waals surface area contributed by atoms with Gasteiger partial charge in [0.05, 0.1) is 12.5 Å². The number of carbonyl (C=O) groups is 1. The van der Waals surface area contributed by atoms with Gasteiger partial charge in [0, 0.05) is 12.6 Å². The standard InChI is InChI=1S/C21H26N2O3.ClH/c1-3-23(13-17-14-25-18-11-7-8-12-19(18)26-17)21(24)15(2)20(22)16-9-5-4-6-10-16;/h4-12,15,17,20H,3,13-14,22H2,1-2H3;1H. The second-order valence-corrected chi connectivity index (χ2v) is 6.60. The quantitative estimate of drug-likeness (QED) is 0.820. The Morgan fingerprint density at radius 1 is 1.15 bits per heavy atom. The largest absolute Gasteiger partial charge is 0.486 e. The monoisotopic (exact) mass is 390 g/mol. The minimum atomic E-state index is -0.331. The lowest BCUT2D eigenvalue weighted by Crippen LogP contribution is -2.46. The summed E-state index contributed by atoms with van der Waals surface area (Å²) >= 11 is 0. The first-order chi connectivity index (χ1) is 12.6. The van der Waals surface area contributed by atoms with Crippen LogP contribution in [0.25, 0.3) is 0 Å². The molecule has 0 saturated carbocycles. The zero-order valence-corrected chi connectivity index (χ0v) is 16.5. The Bertz CT molecular complexity index is 741. The SMILES string of the molecule is CCN(CC1COc2ccccc2O1)C(=O)C(C)C(N)c1ccccc1.Cl. The van der Waals surface area contributed by atoms with Gasteiger partial charge in [0.25, 0.3) is 0 Å². The van der Waals surface area contributed by atoms with E-state index in [0.29, 0.717) is 19.7 Å². The average molecular weight is 391 g/mol. The Hall–Kier alpha value is -2.24. The number of nitrogens with zero attached hydrogens (tertiary/aromatic N) is 1. The molecule has 1 aliphatic heterocycles. The molecule has 0 saturated heterocycles. The van der Waals surface area contributed by atoms with Crippen LogP contribution in [0.15, 0.2) is 54.6 Å². The maximum absolute atomic E-state index is 13.0. The molecule has 6 heteroatoms. The second kappa shape index (κ2) is 9.62. The highest BCUT2D eigenvalue weighted by Gasteiger charge is 2.29. The Morgan fingerprint density at radius 3 is 2.44 bits per heavy atom. The molecule has 2 aromatic carbocycles. The number of benzene rings is 2. The van der Waals surface area contributed by atoms with Gasteiger partial charge in [-0.1, -0.05) is 49.4 Å².